The highest BCUT2D eigenvalue weighted by Crippen LogP contribution is 2.45. The van der Waals surface area contributed by atoms with Gasteiger partial charge in [-0.2, -0.15) is 0 Å². The molecule has 4 rings (SSSR count). The number of carbonyl (C=O) groups excluding carboxylic acids is 1. The third kappa shape index (κ3) is 15.3. The largest absolute Gasteiger partial charge is 0.491 e. The second kappa shape index (κ2) is 20.1. The maximum atomic E-state index is 13.2. The fourth-order valence-electron chi connectivity index (χ4n) is 4.19. The molecule has 0 fully saturated rings. The number of nitrogens with zero attached hydrogens (tertiary/aromatic N) is 2. The van der Waals surface area contributed by atoms with Crippen LogP contribution in [0.1, 0.15) is 65.9 Å². The van der Waals surface area contributed by atoms with Crippen LogP contribution in [-0.2, 0) is 56.7 Å². The average molecular weight is 817 g/mol. The van der Waals surface area contributed by atoms with Crippen LogP contribution in [0.15, 0.2) is 58.1 Å². The molecule has 13 nitrogen and oxygen atoms in total. The highest BCUT2D eigenvalue weighted by Gasteiger charge is 2.19. The fraction of sp³-hybridized carbons (Fsp3) is 0.441. The molecule has 0 radical (unpaired) electrons. The summed E-state index contributed by atoms with van der Waals surface area (Å²) in [4.78, 5) is 22.0. The van der Waals surface area contributed by atoms with Gasteiger partial charge in [-0.15, -0.1) is 22.7 Å². The molecule has 0 aliphatic heterocycles. The number of benzene rings is 2. The van der Waals surface area contributed by atoms with Crippen molar-refractivity contribution >= 4 is 53.5 Å². The van der Waals surface area contributed by atoms with E-state index in [1.807, 2.05) is 26.2 Å². The molecule has 0 amide bonds. The van der Waals surface area contributed by atoms with Crippen molar-refractivity contribution in [2.24, 2.45) is 0 Å². The zero-order chi connectivity index (χ0) is 38.5. The molecule has 0 bridgehead atoms. The standard InChI is InChI=1S/C26H32NO8PS2.C8H14NO3PS/c1-6-18(3)34-22-12-19(13-23(14-22)35-21-8-10-24(11-9-21)38(5,30)31)25(28)15-26-27-20(17-37-26)16-33-36(4,29)32-7-2;1-4-11-13(3,10)12-5-8-6-14-7(2)9-8/h8-14,17-18H,6-7,15-16H2,1-5H3;6H,4-5H2,1-3H3/t18-,36?;/m0./s1. The minimum absolute atomic E-state index is 0.0206. The Balaban J connectivity index is 0.000000435. The number of carbonyl (C=O) groups is 1. The molecule has 0 saturated heterocycles. The Kier molecular flexibility index (Phi) is 16.8. The van der Waals surface area contributed by atoms with Crippen molar-refractivity contribution in [1.82, 2.24) is 9.97 Å². The number of sulfone groups is 1. The van der Waals surface area contributed by atoms with E-state index in [2.05, 4.69) is 9.97 Å². The Morgan fingerprint density at radius 2 is 1.37 bits per heavy atom. The summed E-state index contributed by atoms with van der Waals surface area (Å²) in [5, 5.41) is 5.21. The van der Waals surface area contributed by atoms with Crippen LogP contribution in [0.25, 0.3) is 0 Å². The highest BCUT2D eigenvalue weighted by atomic mass is 32.2. The second-order valence-electron chi connectivity index (χ2n) is 11.5. The van der Waals surface area contributed by atoms with E-state index in [1.54, 1.807) is 60.9 Å². The molecular weight excluding hydrogens is 771 g/mol. The third-order valence-electron chi connectivity index (χ3n) is 6.80. The van der Waals surface area contributed by atoms with Crippen molar-refractivity contribution in [3.05, 3.63) is 80.2 Å². The Hall–Kier alpha value is -2.78. The summed E-state index contributed by atoms with van der Waals surface area (Å²) in [6.07, 6.45) is 1.89. The van der Waals surface area contributed by atoms with Gasteiger partial charge in [0.15, 0.2) is 15.6 Å². The molecule has 0 aliphatic rings. The summed E-state index contributed by atoms with van der Waals surface area (Å²) in [6, 6.07) is 11.0. The Bertz CT molecular complexity index is 1960. The normalized spacial score (nSPS) is 14.4. The maximum absolute atomic E-state index is 13.2. The lowest BCUT2D eigenvalue weighted by atomic mass is 10.1. The number of hydrogen-bond acceptors (Lipinski definition) is 15. The number of ketones is 1. The van der Waals surface area contributed by atoms with Crippen molar-refractivity contribution < 1.29 is 49.9 Å². The van der Waals surface area contributed by atoms with Crippen molar-refractivity contribution in [1.29, 1.82) is 0 Å². The van der Waals surface area contributed by atoms with Crippen LogP contribution in [0.4, 0.5) is 0 Å². The topological polar surface area (TPSA) is 167 Å². The SMILES string of the molecule is CCOP(C)(=O)OCc1csc(C)n1.CCOP(C)(=O)OCc1csc(CC(=O)c2cc(Oc3ccc(S(C)(=O)=O)cc3)cc(O[C@@H](C)CC)c2)n1. The molecule has 0 N–H and O–H groups in total. The lowest BCUT2D eigenvalue weighted by Crippen LogP contribution is -2.11. The first-order valence-corrected chi connectivity index (χ1v) is 23.9. The molecule has 0 spiro atoms. The molecule has 286 valence electrons. The van der Waals surface area contributed by atoms with E-state index in [4.69, 9.17) is 27.6 Å². The van der Waals surface area contributed by atoms with E-state index in [0.29, 0.717) is 40.1 Å². The number of aromatic nitrogens is 2. The van der Waals surface area contributed by atoms with Crippen molar-refractivity contribution in [2.45, 2.75) is 71.7 Å². The summed E-state index contributed by atoms with van der Waals surface area (Å²) in [5.41, 5.74) is 1.75. The summed E-state index contributed by atoms with van der Waals surface area (Å²) in [6.45, 7) is 13.2. The van der Waals surface area contributed by atoms with Crippen LogP contribution < -0.4 is 9.47 Å². The molecule has 52 heavy (non-hydrogen) atoms. The predicted molar refractivity (Wildman–Crippen MR) is 203 cm³/mol. The molecule has 3 atom stereocenters. The van der Waals surface area contributed by atoms with Gasteiger partial charge < -0.3 is 27.6 Å². The molecule has 2 unspecified atom stereocenters. The van der Waals surface area contributed by atoms with Crippen LogP contribution in [0.2, 0.25) is 0 Å². The molecule has 18 heteroatoms. The first-order chi connectivity index (χ1) is 24.4. The van der Waals surface area contributed by atoms with Crippen LogP contribution in [-0.4, -0.2) is 63.1 Å². The van der Waals surface area contributed by atoms with Gasteiger partial charge in [-0.1, -0.05) is 6.92 Å². The van der Waals surface area contributed by atoms with Crippen LogP contribution in [0.3, 0.4) is 0 Å². The average Bonchev–Trinajstić information content (AvgIpc) is 3.71. The first kappa shape index (κ1) is 43.6. The number of rotatable bonds is 19. The monoisotopic (exact) mass is 816 g/mol. The summed E-state index contributed by atoms with van der Waals surface area (Å²) >= 11 is 2.86. The lowest BCUT2D eigenvalue weighted by Gasteiger charge is -2.15. The number of hydrogen-bond donors (Lipinski definition) is 0. The molecule has 2 aromatic heterocycles. The van der Waals surface area contributed by atoms with Gasteiger partial charge in [0.1, 0.15) is 22.3 Å². The predicted octanol–water partition coefficient (Wildman–Crippen LogP) is 9.15. The van der Waals surface area contributed by atoms with E-state index in [1.165, 1.54) is 36.8 Å². The zero-order valence-electron chi connectivity index (χ0n) is 30.5. The maximum Gasteiger partial charge on any atom is 0.327 e. The minimum atomic E-state index is -3.33. The van der Waals surface area contributed by atoms with E-state index in [0.717, 1.165) is 23.4 Å². The van der Waals surface area contributed by atoms with Crippen molar-refractivity contribution in [2.75, 3.05) is 32.8 Å². The van der Waals surface area contributed by atoms with E-state index < -0.39 is 25.0 Å². The smallest absolute Gasteiger partial charge is 0.327 e. The third-order valence-corrected chi connectivity index (χ3v) is 12.3. The Labute approximate surface area is 314 Å². The van der Waals surface area contributed by atoms with Gasteiger partial charge in [0, 0.05) is 42.0 Å². The molecule has 2 aromatic carbocycles. The van der Waals surface area contributed by atoms with Gasteiger partial charge in [-0.25, -0.2) is 18.4 Å². The van der Waals surface area contributed by atoms with Crippen LogP contribution in [0.5, 0.6) is 17.2 Å². The molecule has 2 heterocycles. The van der Waals surface area contributed by atoms with E-state index >= 15 is 0 Å². The van der Waals surface area contributed by atoms with Gasteiger partial charge in [0.05, 0.1) is 60.2 Å². The van der Waals surface area contributed by atoms with Crippen LogP contribution >= 0.6 is 37.9 Å². The quantitative estimate of drug-likeness (QED) is 0.0650. The second-order valence-corrected chi connectivity index (χ2v) is 19.6. The molecule has 4 aromatic rings. The van der Waals surface area contributed by atoms with E-state index in [-0.39, 0.29) is 43.0 Å². The number of aryl methyl sites for hydroxylation is 1. The van der Waals surface area contributed by atoms with Gasteiger partial charge in [-0.3, -0.25) is 13.9 Å². The summed E-state index contributed by atoms with van der Waals surface area (Å²) < 4.78 is 79.6. The molecular formula is C34H46N2O11P2S3. The molecule has 0 saturated carbocycles. The highest BCUT2D eigenvalue weighted by molar-refractivity contribution is 7.90. The lowest BCUT2D eigenvalue weighted by molar-refractivity contribution is 0.0991. The van der Waals surface area contributed by atoms with E-state index in [9.17, 15) is 22.3 Å². The number of ether oxygens (including phenoxy) is 2. The van der Waals surface area contributed by atoms with Crippen LogP contribution in [0, 0.1) is 6.92 Å². The first-order valence-electron chi connectivity index (χ1n) is 16.3. The Morgan fingerprint density at radius 1 is 0.808 bits per heavy atom. The fourth-order valence-corrected chi connectivity index (χ4v) is 8.01. The van der Waals surface area contributed by atoms with Gasteiger partial charge in [-0.05, 0) is 70.5 Å². The Morgan fingerprint density at radius 3 is 1.88 bits per heavy atom. The summed E-state index contributed by atoms with van der Waals surface area (Å²) in [7, 11) is -9.36. The zero-order valence-corrected chi connectivity index (χ0v) is 34.8. The summed E-state index contributed by atoms with van der Waals surface area (Å²) in [5.74, 6) is 1.09. The number of thiazole rings is 2. The molecule has 0 aliphatic carbocycles. The van der Waals surface area contributed by atoms with Gasteiger partial charge in [0.25, 0.3) is 0 Å². The number of Topliss-reactive ketones (excluding diaryl/α,β-unsaturated/α-hetero) is 1. The van der Waals surface area contributed by atoms with Gasteiger partial charge in [0.2, 0.25) is 0 Å². The van der Waals surface area contributed by atoms with Crippen molar-refractivity contribution in [3.8, 4) is 17.2 Å². The van der Waals surface area contributed by atoms with Gasteiger partial charge >= 0.3 is 15.2 Å². The van der Waals surface area contributed by atoms with Crippen molar-refractivity contribution in [3.63, 3.8) is 0 Å². The minimum Gasteiger partial charge on any atom is -0.491 e.